The molecule has 0 heterocycles. The van der Waals surface area contributed by atoms with E-state index in [-0.39, 0.29) is 17.9 Å². The first-order valence-corrected chi connectivity index (χ1v) is 7.80. The van der Waals surface area contributed by atoms with Crippen molar-refractivity contribution in [1.82, 2.24) is 5.32 Å². The molecule has 0 aliphatic carbocycles. The molecule has 0 aromatic heterocycles. The molecule has 0 radical (unpaired) electrons. The Morgan fingerprint density at radius 1 is 1.17 bits per heavy atom. The average Bonchev–Trinajstić information content (AvgIpc) is 2.45. The molecule has 2 atom stereocenters. The van der Waals surface area contributed by atoms with Crippen LogP contribution in [0.2, 0.25) is 0 Å². The fraction of sp³-hybridized carbons (Fsp3) is 0.588. The number of hydrogen-bond acceptors (Lipinski definition) is 2. The van der Waals surface area contributed by atoms with Crippen molar-refractivity contribution in [2.24, 2.45) is 17.6 Å². The van der Waals surface area contributed by atoms with Crippen molar-refractivity contribution >= 4 is 5.91 Å². The fourth-order valence-electron chi connectivity index (χ4n) is 2.40. The summed E-state index contributed by atoms with van der Waals surface area (Å²) in [6, 6.07) is 4.85. The summed E-state index contributed by atoms with van der Waals surface area (Å²) in [6.45, 7) is 6.24. The van der Waals surface area contributed by atoms with Crippen LogP contribution in [0.3, 0.4) is 0 Å². The van der Waals surface area contributed by atoms with Crippen LogP contribution in [-0.4, -0.2) is 18.5 Å². The Kier molecular flexibility index (Phi) is 7.06. The summed E-state index contributed by atoms with van der Waals surface area (Å²) in [6.07, 6.45) is -3.15. The molecule has 1 amide bonds. The van der Waals surface area contributed by atoms with Gasteiger partial charge >= 0.3 is 6.18 Å². The summed E-state index contributed by atoms with van der Waals surface area (Å²) in [7, 11) is 0. The molecule has 1 rings (SSSR count). The number of hydrogen-bond donors (Lipinski definition) is 2. The van der Waals surface area contributed by atoms with Crippen molar-refractivity contribution < 1.29 is 18.0 Å². The lowest BCUT2D eigenvalue weighted by molar-refractivity contribution is -0.137. The number of nitrogens with one attached hydrogen (secondary N) is 1. The molecule has 3 N–H and O–H groups in total. The van der Waals surface area contributed by atoms with Gasteiger partial charge in [-0.3, -0.25) is 4.79 Å². The standard InChI is InChI=1S/C17H25F3N2O/c1-11(2)8-15(10-21)22-16(23)12(3)9-13-4-6-14(7-5-13)17(18,19)20/h4-7,11-12,15H,8-10,21H2,1-3H3,(H,22,23). The van der Waals surface area contributed by atoms with Gasteiger partial charge in [0.15, 0.2) is 0 Å². The van der Waals surface area contributed by atoms with Gasteiger partial charge in [0, 0.05) is 18.5 Å². The molecule has 0 spiro atoms. The van der Waals surface area contributed by atoms with E-state index in [1.54, 1.807) is 6.92 Å². The normalized spacial score (nSPS) is 14.6. The van der Waals surface area contributed by atoms with Crippen molar-refractivity contribution in [3.63, 3.8) is 0 Å². The van der Waals surface area contributed by atoms with Gasteiger partial charge in [-0.05, 0) is 36.5 Å². The molecule has 0 saturated carbocycles. The Hall–Kier alpha value is -1.56. The maximum Gasteiger partial charge on any atom is 0.416 e. The lowest BCUT2D eigenvalue weighted by atomic mass is 9.98. The van der Waals surface area contributed by atoms with Gasteiger partial charge in [0.2, 0.25) is 5.91 Å². The van der Waals surface area contributed by atoms with Crippen LogP contribution in [-0.2, 0) is 17.4 Å². The minimum atomic E-state index is -4.34. The molecule has 3 nitrogen and oxygen atoms in total. The maximum atomic E-state index is 12.5. The van der Waals surface area contributed by atoms with Crippen LogP contribution in [0.4, 0.5) is 13.2 Å². The summed E-state index contributed by atoms with van der Waals surface area (Å²) in [5.41, 5.74) is 5.68. The van der Waals surface area contributed by atoms with E-state index in [1.165, 1.54) is 12.1 Å². The van der Waals surface area contributed by atoms with Crippen molar-refractivity contribution in [1.29, 1.82) is 0 Å². The number of rotatable bonds is 7. The third-order valence-corrected chi connectivity index (χ3v) is 3.66. The third-order valence-electron chi connectivity index (χ3n) is 3.66. The lowest BCUT2D eigenvalue weighted by Gasteiger charge is -2.21. The molecule has 23 heavy (non-hydrogen) atoms. The van der Waals surface area contributed by atoms with Gasteiger partial charge in [-0.15, -0.1) is 0 Å². The highest BCUT2D eigenvalue weighted by atomic mass is 19.4. The number of carbonyl (C=O) groups excluding carboxylic acids is 1. The number of nitrogens with two attached hydrogens (primary N) is 1. The van der Waals surface area contributed by atoms with Crippen LogP contribution in [0.25, 0.3) is 0 Å². The van der Waals surface area contributed by atoms with Crippen LogP contribution in [0.15, 0.2) is 24.3 Å². The maximum absolute atomic E-state index is 12.5. The summed E-state index contributed by atoms with van der Waals surface area (Å²) in [4.78, 5) is 12.2. The predicted molar refractivity (Wildman–Crippen MR) is 84.8 cm³/mol. The minimum absolute atomic E-state index is 0.0717. The highest BCUT2D eigenvalue weighted by molar-refractivity contribution is 5.78. The van der Waals surface area contributed by atoms with Crippen molar-refractivity contribution in [2.75, 3.05) is 6.54 Å². The summed E-state index contributed by atoms with van der Waals surface area (Å²) in [5, 5.41) is 2.91. The SMILES string of the molecule is CC(C)CC(CN)NC(=O)C(C)Cc1ccc(C(F)(F)F)cc1. The summed E-state index contributed by atoms with van der Waals surface area (Å²) in [5.74, 6) is -0.0250. The molecule has 130 valence electrons. The molecular formula is C17H25F3N2O. The first-order chi connectivity index (χ1) is 10.6. The monoisotopic (exact) mass is 330 g/mol. The topological polar surface area (TPSA) is 55.1 Å². The van der Waals surface area contributed by atoms with Gasteiger partial charge in [0.1, 0.15) is 0 Å². The lowest BCUT2D eigenvalue weighted by Crippen LogP contribution is -2.43. The van der Waals surface area contributed by atoms with E-state index >= 15 is 0 Å². The smallest absolute Gasteiger partial charge is 0.352 e. The Morgan fingerprint density at radius 2 is 1.74 bits per heavy atom. The van der Waals surface area contributed by atoms with Crippen LogP contribution in [0, 0.1) is 11.8 Å². The van der Waals surface area contributed by atoms with Gasteiger partial charge < -0.3 is 11.1 Å². The van der Waals surface area contributed by atoms with Gasteiger partial charge in [0.05, 0.1) is 5.56 Å². The number of amides is 1. The zero-order valence-electron chi connectivity index (χ0n) is 13.8. The molecule has 0 bridgehead atoms. The second-order valence-corrected chi connectivity index (χ2v) is 6.37. The van der Waals surface area contributed by atoms with Crippen molar-refractivity contribution in [3.05, 3.63) is 35.4 Å². The quantitative estimate of drug-likeness (QED) is 0.805. The van der Waals surface area contributed by atoms with Gasteiger partial charge in [0.25, 0.3) is 0 Å². The summed E-state index contributed by atoms with van der Waals surface area (Å²) < 4.78 is 37.6. The first-order valence-electron chi connectivity index (χ1n) is 7.80. The molecule has 2 unspecified atom stereocenters. The molecule has 1 aromatic rings. The van der Waals surface area contributed by atoms with E-state index in [9.17, 15) is 18.0 Å². The molecule has 0 aliphatic rings. The second kappa shape index (κ2) is 8.34. The van der Waals surface area contributed by atoms with Crippen LogP contribution >= 0.6 is 0 Å². The van der Waals surface area contributed by atoms with Crippen molar-refractivity contribution in [3.8, 4) is 0 Å². The van der Waals surface area contributed by atoms with E-state index in [4.69, 9.17) is 5.73 Å². The third kappa shape index (κ3) is 6.60. The van der Waals surface area contributed by atoms with E-state index < -0.39 is 11.7 Å². The minimum Gasteiger partial charge on any atom is -0.352 e. The van der Waals surface area contributed by atoms with E-state index in [0.717, 1.165) is 18.6 Å². The van der Waals surface area contributed by atoms with Crippen LogP contribution < -0.4 is 11.1 Å². The Balaban J connectivity index is 2.61. The van der Waals surface area contributed by atoms with Crippen LogP contribution in [0.1, 0.15) is 38.3 Å². The second-order valence-electron chi connectivity index (χ2n) is 6.37. The van der Waals surface area contributed by atoms with Gasteiger partial charge in [-0.1, -0.05) is 32.9 Å². The number of halogens is 3. The molecule has 1 aromatic carbocycles. The zero-order valence-corrected chi connectivity index (χ0v) is 13.8. The first kappa shape index (κ1) is 19.5. The van der Waals surface area contributed by atoms with Crippen molar-refractivity contribution in [2.45, 2.75) is 45.8 Å². The van der Waals surface area contributed by atoms with Gasteiger partial charge in [-0.2, -0.15) is 13.2 Å². The number of benzene rings is 1. The zero-order chi connectivity index (χ0) is 17.6. The Morgan fingerprint density at radius 3 is 2.17 bits per heavy atom. The predicted octanol–water partition coefficient (Wildman–Crippen LogP) is 3.37. The fourth-order valence-corrected chi connectivity index (χ4v) is 2.40. The van der Waals surface area contributed by atoms with E-state index in [2.05, 4.69) is 19.2 Å². The molecule has 0 aliphatic heterocycles. The van der Waals surface area contributed by atoms with E-state index in [1.807, 2.05) is 0 Å². The Bertz CT molecular complexity index is 498. The largest absolute Gasteiger partial charge is 0.416 e. The molecule has 0 saturated heterocycles. The summed E-state index contributed by atoms with van der Waals surface area (Å²) >= 11 is 0. The van der Waals surface area contributed by atoms with Crippen LogP contribution in [0.5, 0.6) is 0 Å². The van der Waals surface area contributed by atoms with Gasteiger partial charge in [-0.25, -0.2) is 0 Å². The molecule has 0 fully saturated rings. The number of alkyl halides is 3. The molecular weight excluding hydrogens is 305 g/mol. The highest BCUT2D eigenvalue weighted by Crippen LogP contribution is 2.29. The average molecular weight is 330 g/mol. The Labute approximate surface area is 135 Å². The highest BCUT2D eigenvalue weighted by Gasteiger charge is 2.30. The molecule has 6 heteroatoms. The number of carbonyl (C=O) groups is 1. The van der Waals surface area contributed by atoms with E-state index in [0.29, 0.717) is 24.4 Å².